The zero-order valence-corrected chi connectivity index (χ0v) is 20.6. The van der Waals surface area contributed by atoms with Gasteiger partial charge in [0.25, 0.3) is 0 Å². The monoisotopic (exact) mass is 517 g/mol. The molecule has 1 fully saturated rings. The molecule has 0 aliphatic carbocycles. The Morgan fingerprint density at radius 2 is 1.76 bits per heavy atom. The van der Waals surface area contributed by atoms with Gasteiger partial charge in [0.2, 0.25) is 11.9 Å². The molecule has 0 saturated carbocycles. The number of pyridine rings is 1. The lowest BCUT2D eigenvalue weighted by atomic mass is 10.2. The van der Waals surface area contributed by atoms with Gasteiger partial charge in [-0.25, -0.2) is 13.8 Å². The lowest BCUT2D eigenvalue weighted by Gasteiger charge is -2.34. The number of anilines is 4. The maximum Gasteiger partial charge on any atom is 0.247 e. The van der Waals surface area contributed by atoms with Crippen molar-refractivity contribution in [3.05, 3.63) is 89.4 Å². The summed E-state index contributed by atoms with van der Waals surface area (Å²) < 4.78 is 31.2. The number of aromatic nitrogens is 3. The number of fused-ring (bicyclic) bond motifs is 1. The number of benzene rings is 2. The number of halogens is 2. The van der Waals surface area contributed by atoms with E-state index in [0.717, 1.165) is 32.3 Å². The number of carbonyl (C=O) groups is 1. The van der Waals surface area contributed by atoms with Gasteiger partial charge >= 0.3 is 0 Å². The second-order valence-corrected chi connectivity index (χ2v) is 8.92. The minimum Gasteiger partial charge on any atom is -0.367 e. The molecular weight excluding hydrogens is 492 g/mol. The van der Waals surface area contributed by atoms with Gasteiger partial charge in [-0.2, -0.15) is 4.98 Å². The Labute approximate surface area is 217 Å². The van der Waals surface area contributed by atoms with E-state index in [1.807, 2.05) is 11.9 Å². The molecule has 194 valence electrons. The van der Waals surface area contributed by atoms with Crippen LogP contribution in [0.25, 0.3) is 16.7 Å². The molecular formula is C27H25F2N7O2. The Hall–Kier alpha value is -4.64. The van der Waals surface area contributed by atoms with E-state index in [1.54, 1.807) is 12.1 Å². The van der Waals surface area contributed by atoms with Crippen LogP contribution in [0.4, 0.5) is 31.8 Å². The first kappa shape index (κ1) is 25.0. The fraction of sp³-hybridized carbons (Fsp3) is 0.185. The van der Waals surface area contributed by atoms with Crippen LogP contribution in [0.15, 0.2) is 72.3 Å². The Morgan fingerprint density at radius 1 is 1.00 bits per heavy atom. The molecule has 3 heterocycles. The molecule has 1 amide bonds. The summed E-state index contributed by atoms with van der Waals surface area (Å²) >= 11 is 0. The molecule has 1 saturated heterocycles. The van der Waals surface area contributed by atoms with Gasteiger partial charge in [-0.3, -0.25) is 14.2 Å². The van der Waals surface area contributed by atoms with Crippen molar-refractivity contribution >= 4 is 40.0 Å². The van der Waals surface area contributed by atoms with Crippen LogP contribution < -0.4 is 21.0 Å². The minimum atomic E-state index is -0.596. The van der Waals surface area contributed by atoms with Gasteiger partial charge < -0.3 is 20.4 Å². The Balaban J connectivity index is 1.48. The molecule has 0 bridgehead atoms. The van der Waals surface area contributed by atoms with Crippen LogP contribution in [0.2, 0.25) is 0 Å². The number of likely N-dealkylation sites (N-methyl/N-ethyl adjacent to an activating group) is 1. The summed E-state index contributed by atoms with van der Waals surface area (Å²) in [7, 11) is 2.04. The van der Waals surface area contributed by atoms with E-state index >= 15 is 0 Å². The van der Waals surface area contributed by atoms with Gasteiger partial charge in [-0.05, 0) is 49.5 Å². The van der Waals surface area contributed by atoms with Crippen LogP contribution in [0, 0.1) is 11.6 Å². The molecule has 2 aromatic carbocycles. The van der Waals surface area contributed by atoms with E-state index in [1.165, 1.54) is 47.3 Å². The first-order chi connectivity index (χ1) is 18.3. The molecule has 5 rings (SSSR count). The molecule has 0 atom stereocenters. The van der Waals surface area contributed by atoms with E-state index in [4.69, 9.17) is 0 Å². The molecule has 0 unspecified atom stereocenters. The molecule has 2 aromatic heterocycles. The molecule has 9 nitrogen and oxygen atoms in total. The van der Waals surface area contributed by atoms with E-state index < -0.39 is 11.7 Å². The zero-order chi connectivity index (χ0) is 26.8. The third-order valence-electron chi connectivity index (χ3n) is 6.34. The molecule has 4 aromatic rings. The summed E-state index contributed by atoms with van der Waals surface area (Å²) in [5.74, 6) is -1.33. The Bertz CT molecular complexity index is 1600. The Kier molecular flexibility index (Phi) is 6.84. The summed E-state index contributed by atoms with van der Waals surface area (Å²) in [6.45, 7) is 6.60. The van der Waals surface area contributed by atoms with Crippen molar-refractivity contribution in [2.45, 2.75) is 0 Å². The number of amides is 1. The van der Waals surface area contributed by atoms with Crippen molar-refractivity contribution in [2.75, 3.05) is 48.8 Å². The molecule has 11 heteroatoms. The van der Waals surface area contributed by atoms with Crippen molar-refractivity contribution in [1.29, 1.82) is 0 Å². The standard InChI is InChI=1S/C27H25F2N7O2/c1-3-25(38)31-18-4-6-20(28)23(15-18)36-9-8-24(37)19-16-30-27(33-26(19)36)32-17-5-7-22(21(29)14-17)35-12-10-34(2)11-13-35/h3-9,14-16H,1,10-13H2,2H3,(H,31,38)(H,30,32,33). The van der Waals surface area contributed by atoms with E-state index in [9.17, 15) is 18.4 Å². The summed E-state index contributed by atoms with van der Waals surface area (Å²) in [6, 6.07) is 10.1. The highest BCUT2D eigenvalue weighted by molar-refractivity contribution is 5.99. The van der Waals surface area contributed by atoms with Crippen molar-refractivity contribution < 1.29 is 13.6 Å². The summed E-state index contributed by atoms with van der Waals surface area (Å²) in [5.41, 5.74) is 1.13. The average molecular weight is 518 g/mol. The number of hydrogen-bond donors (Lipinski definition) is 2. The molecule has 38 heavy (non-hydrogen) atoms. The van der Waals surface area contributed by atoms with Crippen LogP contribution in [-0.2, 0) is 4.79 Å². The summed E-state index contributed by atoms with van der Waals surface area (Å²) in [4.78, 5) is 37.0. The van der Waals surface area contributed by atoms with Crippen LogP contribution >= 0.6 is 0 Å². The highest BCUT2D eigenvalue weighted by Gasteiger charge is 2.18. The van der Waals surface area contributed by atoms with Gasteiger partial charge in [0.15, 0.2) is 11.1 Å². The van der Waals surface area contributed by atoms with Crippen molar-refractivity contribution in [3.8, 4) is 5.69 Å². The van der Waals surface area contributed by atoms with E-state index in [2.05, 4.69) is 32.1 Å². The minimum absolute atomic E-state index is 0.0593. The average Bonchev–Trinajstić information content (AvgIpc) is 2.91. The van der Waals surface area contributed by atoms with Crippen LogP contribution in [0.3, 0.4) is 0 Å². The van der Waals surface area contributed by atoms with Crippen LogP contribution in [0.1, 0.15) is 0 Å². The lowest BCUT2D eigenvalue weighted by molar-refractivity contribution is -0.111. The van der Waals surface area contributed by atoms with Crippen molar-refractivity contribution in [3.63, 3.8) is 0 Å². The number of nitrogens with zero attached hydrogens (tertiary/aromatic N) is 5. The predicted molar refractivity (Wildman–Crippen MR) is 143 cm³/mol. The highest BCUT2D eigenvalue weighted by atomic mass is 19.1. The van der Waals surface area contributed by atoms with Gasteiger partial charge in [0, 0.05) is 56.0 Å². The number of piperazine rings is 1. The third kappa shape index (κ3) is 5.09. The second kappa shape index (κ2) is 10.4. The smallest absolute Gasteiger partial charge is 0.247 e. The topological polar surface area (TPSA) is 95.4 Å². The number of nitrogens with one attached hydrogen (secondary N) is 2. The van der Waals surface area contributed by atoms with Gasteiger partial charge in [-0.15, -0.1) is 0 Å². The normalized spacial score (nSPS) is 13.9. The molecule has 1 aliphatic heterocycles. The van der Waals surface area contributed by atoms with E-state index in [0.29, 0.717) is 17.1 Å². The number of carbonyl (C=O) groups excluding carboxylic acids is 1. The van der Waals surface area contributed by atoms with Crippen LogP contribution in [0.5, 0.6) is 0 Å². The number of hydrogen-bond acceptors (Lipinski definition) is 7. The predicted octanol–water partition coefficient (Wildman–Crippen LogP) is 3.68. The maximum absolute atomic E-state index is 15.0. The molecule has 1 aliphatic rings. The SMILES string of the molecule is C=CC(=O)Nc1ccc(F)c(-n2ccc(=O)c3cnc(Nc4ccc(N5CCN(C)CC5)c(F)c4)nc32)c1. The first-order valence-electron chi connectivity index (χ1n) is 11.9. The van der Waals surface area contributed by atoms with E-state index in [-0.39, 0.29) is 33.9 Å². The zero-order valence-electron chi connectivity index (χ0n) is 20.6. The second-order valence-electron chi connectivity index (χ2n) is 8.92. The van der Waals surface area contributed by atoms with Crippen LogP contribution in [-0.4, -0.2) is 58.6 Å². The van der Waals surface area contributed by atoms with Gasteiger partial charge in [0.05, 0.1) is 16.8 Å². The Morgan fingerprint density at radius 3 is 2.50 bits per heavy atom. The molecule has 0 spiro atoms. The quantitative estimate of drug-likeness (QED) is 0.377. The summed E-state index contributed by atoms with van der Waals surface area (Å²) in [6.07, 6.45) is 3.83. The third-order valence-corrected chi connectivity index (χ3v) is 6.34. The number of rotatable bonds is 6. The maximum atomic E-state index is 15.0. The summed E-state index contributed by atoms with van der Waals surface area (Å²) in [5, 5.41) is 5.71. The van der Waals surface area contributed by atoms with Crippen molar-refractivity contribution in [1.82, 2.24) is 19.4 Å². The van der Waals surface area contributed by atoms with Gasteiger partial charge in [-0.1, -0.05) is 6.58 Å². The van der Waals surface area contributed by atoms with Crippen molar-refractivity contribution in [2.24, 2.45) is 0 Å². The largest absolute Gasteiger partial charge is 0.367 e. The van der Waals surface area contributed by atoms with Gasteiger partial charge in [0.1, 0.15) is 11.6 Å². The fourth-order valence-corrected chi connectivity index (χ4v) is 4.27. The molecule has 2 N–H and O–H groups in total. The molecule has 0 radical (unpaired) electrons. The highest BCUT2D eigenvalue weighted by Crippen LogP contribution is 2.26. The fourth-order valence-electron chi connectivity index (χ4n) is 4.27. The lowest BCUT2D eigenvalue weighted by Crippen LogP contribution is -2.44. The first-order valence-corrected chi connectivity index (χ1v) is 11.9.